The maximum absolute atomic E-state index is 5.49. The molecule has 0 spiro atoms. The lowest BCUT2D eigenvalue weighted by atomic mass is 10.1. The first kappa shape index (κ1) is 18.1. The Morgan fingerprint density at radius 1 is 0.833 bits per heavy atom. The summed E-state index contributed by atoms with van der Waals surface area (Å²) in [6.07, 6.45) is 8.62. The lowest BCUT2D eigenvalue weighted by Gasteiger charge is -2.30. The molecule has 18 heavy (non-hydrogen) atoms. The third-order valence-corrected chi connectivity index (χ3v) is 6.75. The van der Waals surface area contributed by atoms with E-state index in [2.05, 4.69) is 6.92 Å². The summed E-state index contributed by atoms with van der Waals surface area (Å²) in [6.45, 7) is 2.98. The van der Waals surface area contributed by atoms with Crippen LogP contribution in [0.25, 0.3) is 0 Å². The zero-order valence-corrected chi connectivity index (χ0v) is 13.5. The van der Waals surface area contributed by atoms with Crippen molar-refractivity contribution in [3.8, 4) is 0 Å². The minimum atomic E-state index is -2.42. The van der Waals surface area contributed by atoms with Crippen molar-refractivity contribution < 1.29 is 13.3 Å². The summed E-state index contributed by atoms with van der Waals surface area (Å²) in [5, 5.41) is 0. The molecular formula is C13H31NO3Si. The van der Waals surface area contributed by atoms with E-state index in [1.54, 1.807) is 21.3 Å². The van der Waals surface area contributed by atoms with E-state index < -0.39 is 8.80 Å². The van der Waals surface area contributed by atoms with Crippen molar-refractivity contribution in [1.29, 1.82) is 0 Å². The van der Waals surface area contributed by atoms with E-state index >= 15 is 0 Å². The van der Waals surface area contributed by atoms with E-state index in [0.29, 0.717) is 5.54 Å². The smallest absolute Gasteiger partial charge is 0.377 e. The quantitative estimate of drug-likeness (QED) is 0.440. The van der Waals surface area contributed by atoms with Crippen LogP contribution in [-0.2, 0) is 13.3 Å². The van der Waals surface area contributed by atoms with Crippen LogP contribution in [0, 0.1) is 0 Å². The highest BCUT2D eigenvalue weighted by Gasteiger charge is 2.43. The van der Waals surface area contributed by atoms with Gasteiger partial charge in [-0.2, -0.15) is 0 Å². The molecule has 0 aromatic carbocycles. The fourth-order valence-corrected chi connectivity index (χ4v) is 4.60. The molecule has 0 saturated heterocycles. The molecular weight excluding hydrogens is 246 g/mol. The van der Waals surface area contributed by atoms with Gasteiger partial charge in [0.2, 0.25) is 0 Å². The van der Waals surface area contributed by atoms with Gasteiger partial charge in [0, 0.05) is 26.9 Å². The minimum Gasteiger partial charge on any atom is -0.377 e. The first-order valence-electron chi connectivity index (χ1n) is 7.02. The topological polar surface area (TPSA) is 53.7 Å². The van der Waals surface area contributed by atoms with Crippen LogP contribution < -0.4 is 5.73 Å². The van der Waals surface area contributed by atoms with Gasteiger partial charge in [-0.25, -0.2) is 0 Å². The average Bonchev–Trinajstić information content (AvgIpc) is 2.40. The first-order valence-corrected chi connectivity index (χ1v) is 8.82. The standard InChI is InChI=1S/C13H31NO3Si/c1-13(18(15-2,16-3)17-4)11-9-7-5-6-8-10-12-14/h13H,5-12,14H2,1-4H3. The van der Waals surface area contributed by atoms with Crippen LogP contribution in [0.2, 0.25) is 5.54 Å². The molecule has 0 amide bonds. The highest BCUT2D eigenvalue weighted by Crippen LogP contribution is 2.28. The summed E-state index contributed by atoms with van der Waals surface area (Å²) < 4.78 is 16.5. The molecule has 0 rings (SSSR count). The van der Waals surface area contributed by atoms with Gasteiger partial charge in [0.25, 0.3) is 0 Å². The Hall–Kier alpha value is 0.0569. The summed E-state index contributed by atoms with van der Waals surface area (Å²) in [6, 6.07) is 0. The summed E-state index contributed by atoms with van der Waals surface area (Å²) in [7, 11) is 2.63. The molecule has 5 heteroatoms. The zero-order chi connectivity index (χ0) is 13.9. The van der Waals surface area contributed by atoms with Crippen molar-refractivity contribution in [3.05, 3.63) is 0 Å². The summed E-state index contributed by atoms with van der Waals surface area (Å²) in [4.78, 5) is 0. The number of rotatable bonds is 12. The summed E-state index contributed by atoms with van der Waals surface area (Å²) in [5.74, 6) is 0. The summed E-state index contributed by atoms with van der Waals surface area (Å²) >= 11 is 0. The van der Waals surface area contributed by atoms with Gasteiger partial charge in [-0.1, -0.05) is 39.0 Å². The van der Waals surface area contributed by atoms with E-state index in [1.165, 1.54) is 32.1 Å². The Labute approximate surface area is 114 Å². The van der Waals surface area contributed by atoms with E-state index in [1.807, 2.05) is 0 Å². The number of nitrogens with two attached hydrogens (primary N) is 1. The maximum Gasteiger partial charge on any atom is 0.503 e. The molecule has 0 bridgehead atoms. The largest absolute Gasteiger partial charge is 0.503 e. The van der Waals surface area contributed by atoms with Gasteiger partial charge in [-0.05, 0) is 19.4 Å². The average molecular weight is 277 g/mol. The van der Waals surface area contributed by atoms with Crippen LogP contribution in [0.5, 0.6) is 0 Å². The fourth-order valence-electron chi connectivity index (χ4n) is 2.33. The Bertz CT molecular complexity index is 181. The van der Waals surface area contributed by atoms with Crippen LogP contribution >= 0.6 is 0 Å². The van der Waals surface area contributed by atoms with Gasteiger partial charge in [0.1, 0.15) is 0 Å². The molecule has 0 aliphatic rings. The fraction of sp³-hybridized carbons (Fsp3) is 1.00. The Morgan fingerprint density at radius 2 is 1.28 bits per heavy atom. The van der Waals surface area contributed by atoms with E-state index in [9.17, 15) is 0 Å². The number of hydrogen-bond acceptors (Lipinski definition) is 4. The van der Waals surface area contributed by atoms with Gasteiger partial charge in [0.05, 0.1) is 0 Å². The van der Waals surface area contributed by atoms with Crippen LogP contribution in [0.4, 0.5) is 0 Å². The Kier molecular flexibility index (Phi) is 11.0. The Morgan fingerprint density at radius 3 is 1.72 bits per heavy atom. The maximum atomic E-state index is 5.49. The first-order chi connectivity index (χ1) is 8.66. The predicted molar refractivity (Wildman–Crippen MR) is 77.6 cm³/mol. The van der Waals surface area contributed by atoms with Gasteiger partial charge < -0.3 is 19.0 Å². The predicted octanol–water partition coefficient (Wildman–Crippen LogP) is 2.94. The van der Waals surface area contributed by atoms with Gasteiger partial charge in [-0.3, -0.25) is 0 Å². The zero-order valence-electron chi connectivity index (χ0n) is 12.5. The molecule has 0 radical (unpaired) electrons. The third-order valence-electron chi connectivity index (χ3n) is 3.55. The molecule has 1 unspecified atom stereocenters. The highest BCUT2D eigenvalue weighted by molar-refractivity contribution is 6.62. The Balaban J connectivity index is 3.71. The molecule has 4 nitrogen and oxygen atoms in total. The van der Waals surface area contributed by atoms with Crippen molar-refractivity contribution >= 4 is 8.80 Å². The van der Waals surface area contributed by atoms with Crippen LogP contribution in [-0.4, -0.2) is 36.7 Å². The van der Waals surface area contributed by atoms with Gasteiger partial charge in [0.15, 0.2) is 0 Å². The molecule has 2 N–H and O–H groups in total. The molecule has 1 atom stereocenters. The monoisotopic (exact) mass is 277 g/mol. The molecule has 0 aliphatic carbocycles. The third kappa shape index (κ3) is 6.29. The molecule has 110 valence electrons. The highest BCUT2D eigenvalue weighted by atomic mass is 28.4. The van der Waals surface area contributed by atoms with Crippen molar-refractivity contribution in [2.75, 3.05) is 27.9 Å². The lowest BCUT2D eigenvalue weighted by molar-refractivity contribution is 0.111. The van der Waals surface area contributed by atoms with Crippen LogP contribution in [0.3, 0.4) is 0 Å². The van der Waals surface area contributed by atoms with Gasteiger partial charge in [-0.15, -0.1) is 0 Å². The SMILES string of the molecule is CO[Si](OC)(OC)C(C)CCCCCCCCN. The van der Waals surface area contributed by atoms with Crippen LogP contribution in [0.1, 0.15) is 51.9 Å². The van der Waals surface area contributed by atoms with Gasteiger partial charge >= 0.3 is 8.80 Å². The number of unbranched alkanes of at least 4 members (excludes halogenated alkanes) is 5. The van der Waals surface area contributed by atoms with Crippen LogP contribution in [0.15, 0.2) is 0 Å². The molecule has 0 aliphatic heterocycles. The van der Waals surface area contributed by atoms with Crippen molar-refractivity contribution in [2.45, 2.75) is 57.4 Å². The van der Waals surface area contributed by atoms with Crippen molar-refractivity contribution in [3.63, 3.8) is 0 Å². The number of hydrogen-bond donors (Lipinski definition) is 1. The molecule has 0 fully saturated rings. The second-order valence-corrected chi connectivity index (χ2v) is 8.23. The molecule has 0 aromatic rings. The molecule has 0 saturated carbocycles. The van der Waals surface area contributed by atoms with E-state index in [-0.39, 0.29) is 0 Å². The van der Waals surface area contributed by atoms with Crippen molar-refractivity contribution in [1.82, 2.24) is 0 Å². The summed E-state index contributed by atoms with van der Waals surface area (Å²) in [5.41, 5.74) is 5.83. The second-order valence-electron chi connectivity index (χ2n) is 4.82. The lowest BCUT2D eigenvalue weighted by Crippen LogP contribution is -2.46. The second kappa shape index (κ2) is 10.9. The van der Waals surface area contributed by atoms with Crippen molar-refractivity contribution in [2.24, 2.45) is 5.73 Å². The molecule has 0 aromatic heterocycles. The normalized spacial score (nSPS) is 13.8. The minimum absolute atomic E-state index is 0.363. The molecule has 0 heterocycles. The van der Waals surface area contributed by atoms with E-state index in [0.717, 1.165) is 19.4 Å². The van der Waals surface area contributed by atoms with E-state index in [4.69, 9.17) is 19.0 Å².